The monoisotopic (exact) mass is 577 g/mol. The largest absolute Gasteiger partial charge is 0.496 e. The van der Waals surface area contributed by atoms with Crippen LogP contribution in [0, 0.1) is 6.92 Å². The zero-order valence-corrected chi connectivity index (χ0v) is 24.6. The van der Waals surface area contributed by atoms with Crippen LogP contribution < -0.4 is 4.74 Å². The Labute approximate surface area is 240 Å². The number of carboxylic acid groups (broad SMARTS) is 1. The molecule has 1 N–H and O–H groups in total. The minimum absolute atomic E-state index is 0.0480. The van der Waals surface area contributed by atoms with Crippen molar-refractivity contribution in [2.75, 3.05) is 7.11 Å². The first kappa shape index (κ1) is 27.9. The number of benzene rings is 1. The molecule has 0 saturated carbocycles. The summed E-state index contributed by atoms with van der Waals surface area (Å²) in [7, 11) is 1.57. The third-order valence-electron chi connectivity index (χ3n) is 7.36. The molecule has 0 radical (unpaired) electrons. The number of methoxy groups -OCH3 is 1. The Hall–Kier alpha value is -3.70. The zero-order chi connectivity index (χ0) is 28.7. The van der Waals surface area contributed by atoms with Gasteiger partial charge in [-0.1, -0.05) is 26.8 Å². The molecule has 9 nitrogen and oxygen atoms in total. The number of carbonyl (C=O) groups excluding carboxylic acids is 1. The van der Waals surface area contributed by atoms with Gasteiger partial charge < -0.3 is 14.7 Å². The lowest BCUT2D eigenvalue weighted by molar-refractivity contribution is -0.149. The highest BCUT2D eigenvalue weighted by Gasteiger charge is 2.60. The van der Waals surface area contributed by atoms with E-state index >= 15 is 0 Å². The van der Waals surface area contributed by atoms with Crippen LogP contribution in [0.5, 0.6) is 5.75 Å². The van der Waals surface area contributed by atoms with Crippen LogP contribution in [0.3, 0.4) is 0 Å². The Bertz CT molecular complexity index is 1520. The van der Waals surface area contributed by atoms with Crippen molar-refractivity contribution in [2.24, 2.45) is 0 Å². The summed E-state index contributed by atoms with van der Waals surface area (Å²) in [5, 5.41) is 13.4. The summed E-state index contributed by atoms with van der Waals surface area (Å²) in [6.45, 7) is 8.16. The smallest absolute Gasteiger partial charge is 0.330 e. The van der Waals surface area contributed by atoms with Gasteiger partial charge in [0.15, 0.2) is 0 Å². The molecule has 1 aliphatic rings. The molecular weight excluding hydrogens is 546 g/mol. The number of aliphatic carboxylic acids is 1. The lowest BCUT2D eigenvalue weighted by Crippen LogP contribution is -2.55. The quantitative estimate of drug-likeness (QED) is 0.308. The Balaban J connectivity index is 1.73. The summed E-state index contributed by atoms with van der Waals surface area (Å²) < 4.78 is 5.69. The fraction of sp³-hybridized carbons (Fsp3) is 0.379. The minimum Gasteiger partial charge on any atom is -0.496 e. The number of aryl methyl sites for hydroxylation is 1. The molecule has 0 aliphatic carbocycles. The number of hydrogen-bond acceptors (Lipinski definition) is 9. The molecule has 1 fully saturated rings. The van der Waals surface area contributed by atoms with Crippen molar-refractivity contribution >= 4 is 34.6 Å². The number of amides is 1. The van der Waals surface area contributed by atoms with Crippen LogP contribution in [0.1, 0.15) is 76.3 Å². The molecule has 0 bridgehead atoms. The predicted octanol–water partition coefficient (Wildman–Crippen LogP) is 5.44. The van der Waals surface area contributed by atoms with Crippen molar-refractivity contribution in [2.45, 2.75) is 63.5 Å². The van der Waals surface area contributed by atoms with Gasteiger partial charge in [0.25, 0.3) is 5.91 Å². The van der Waals surface area contributed by atoms with Gasteiger partial charge in [0.2, 0.25) is 0 Å². The zero-order valence-electron chi connectivity index (χ0n) is 23.0. The summed E-state index contributed by atoms with van der Waals surface area (Å²) in [4.78, 5) is 48.3. The molecule has 4 aromatic rings. The van der Waals surface area contributed by atoms with E-state index in [4.69, 9.17) is 4.74 Å². The average Bonchev–Trinajstić information content (AvgIpc) is 3.67. The van der Waals surface area contributed by atoms with Crippen molar-refractivity contribution in [3.63, 3.8) is 0 Å². The normalized spacial score (nSPS) is 21.0. The van der Waals surface area contributed by atoms with Crippen LogP contribution >= 0.6 is 22.7 Å². The van der Waals surface area contributed by atoms with E-state index in [0.717, 1.165) is 10.4 Å². The standard InChI is InChI=1S/C29H31N5O4S2/c1-17-13-32-25(40-17)24-20(22-14-30-8-9-31-22)12-29(27(36)37,11-19-15-39-16-33-19)34(24)26(35)18-6-7-21(28(2,3)4)23(10-18)38-5/h6-10,13-16,20,24H,11-12H2,1-5H3,(H,36,37)/t20-,24-,29+/m1/s1. The number of likely N-dealkylation sites (tertiary alicyclic amines) is 1. The van der Waals surface area contributed by atoms with E-state index in [1.54, 1.807) is 49.5 Å². The Kier molecular flexibility index (Phi) is 7.45. The number of aromatic nitrogens is 4. The molecule has 4 heterocycles. The molecule has 11 heteroatoms. The number of carboxylic acids is 1. The van der Waals surface area contributed by atoms with Gasteiger partial charge in [-0.2, -0.15) is 0 Å². The topological polar surface area (TPSA) is 118 Å². The first-order valence-corrected chi connectivity index (χ1v) is 14.6. The van der Waals surface area contributed by atoms with Crippen LogP contribution in [0.2, 0.25) is 0 Å². The Morgan fingerprint density at radius 2 is 1.98 bits per heavy atom. The third-order valence-corrected chi connectivity index (χ3v) is 8.98. The summed E-state index contributed by atoms with van der Waals surface area (Å²) in [5.74, 6) is -1.39. The van der Waals surface area contributed by atoms with Crippen LogP contribution in [-0.2, 0) is 16.6 Å². The first-order valence-electron chi connectivity index (χ1n) is 12.9. The van der Waals surface area contributed by atoms with Crippen LogP contribution in [0.25, 0.3) is 0 Å². The van der Waals surface area contributed by atoms with Gasteiger partial charge in [0.1, 0.15) is 16.3 Å². The number of rotatable bonds is 7. The molecule has 1 aliphatic heterocycles. The van der Waals surface area contributed by atoms with Crippen molar-refractivity contribution in [3.05, 3.63) is 86.3 Å². The highest BCUT2D eigenvalue weighted by Crippen LogP contribution is 2.54. The van der Waals surface area contributed by atoms with Gasteiger partial charge >= 0.3 is 5.97 Å². The molecule has 0 unspecified atom stereocenters. The fourth-order valence-electron chi connectivity index (χ4n) is 5.53. The summed E-state index contributed by atoms with van der Waals surface area (Å²) >= 11 is 2.84. The first-order chi connectivity index (χ1) is 19.0. The maximum absolute atomic E-state index is 14.6. The number of ether oxygens (including phenoxy) is 1. The van der Waals surface area contributed by atoms with E-state index in [2.05, 4.69) is 40.7 Å². The van der Waals surface area contributed by atoms with E-state index in [1.165, 1.54) is 27.6 Å². The summed E-state index contributed by atoms with van der Waals surface area (Å²) in [6.07, 6.45) is 6.73. The number of hydrogen-bond donors (Lipinski definition) is 1. The minimum atomic E-state index is -1.60. The van der Waals surface area contributed by atoms with Crippen molar-refractivity contribution < 1.29 is 19.4 Å². The molecule has 5 rings (SSSR count). The van der Waals surface area contributed by atoms with Gasteiger partial charge in [-0.3, -0.25) is 14.8 Å². The second-order valence-corrected chi connectivity index (χ2v) is 13.0. The van der Waals surface area contributed by atoms with E-state index in [0.29, 0.717) is 27.7 Å². The van der Waals surface area contributed by atoms with Gasteiger partial charge in [0, 0.05) is 52.9 Å². The van der Waals surface area contributed by atoms with Gasteiger partial charge in [-0.15, -0.1) is 22.7 Å². The van der Waals surface area contributed by atoms with E-state index in [9.17, 15) is 14.7 Å². The maximum atomic E-state index is 14.6. The third kappa shape index (κ3) is 4.99. The lowest BCUT2D eigenvalue weighted by Gasteiger charge is -2.37. The van der Waals surface area contributed by atoms with Crippen molar-refractivity contribution in [1.29, 1.82) is 0 Å². The average molecular weight is 578 g/mol. The SMILES string of the molecule is COc1cc(C(=O)N2[C@@H](c3ncc(C)s3)[C@@H](c3cnccn3)C[C@@]2(Cc2cscn2)C(=O)O)ccc1C(C)(C)C. The molecule has 1 aromatic carbocycles. The van der Waals surface area contributed by atoms with Crippen molar-refractivity contribution in [3.8, 4) is 5.75 Å². The second kappa shape index (κ2) is 10.7. The molecule has 1 saturated heterocycles. The Morgan fingerprint density at radius 3 is 2.55 bits per heavy atom. The number of nitrogens with zero attached hydrogens (tertiary/aromatic N) is 5. The van der Waals surface area contributed by atoms with E-state index in [-0.39, 0.29) is 18.3 Å². The number of carbonyl (C=O) groups is 2. The lowest BCUT2D eigenvalue weighted by atomic mass is 9.85. The molecule has 3 atom stereocenters. The second-order valence-electron chi connectivity index (χ2n) is 11.0. The van der Waals surface area contributed by atoms with Gasteiger partial charge in [0.05, 0.1) is 30.1 Å². The molecule has 1 amide bonds. The highest BCUT2D eigenvalue weighted by molar-refractivity contribution is 7.11. The maximum Gasteiger partial charge on any atom is 0.330 e. The van der Waals surface area contributed by atoms with Gasteiger partial charge in [-0.05, 0) is 36.5 Å². The van der Waals surface area contributed by atoms with E-state index in [1.807, 2.05) is 18.4 Å². The highest BCUT2D eigenvalue weighted by atomic mass is 32.1. The van der Waals surface area contributed by atoms with Crippen LogP contribution in [0.15, 0.2) is 53.9 Å². The summed E-state index contributed by atoms with van der Waals surface area (Å²) in [6, 6.07) is 4.66. The van der Waals surface area contributed by atoms with Crippen LogP contribution in [-0.4, -0.2) is 54.5 Å². The summed E-state index contributed by atoms with van der Waals surface area (Å²) in [5.41, 5.74) is 2.36. The number of thiazole rings is 2. The van der Waals surface area contributed by atoms with Crippen LogP contribution in [0.4, 0.5) is 0 Å². The van der Waals surface area contributed by atoms with Crippen molar-refractivity contribution in [1.82, 2.24) is 24.8 Å². The molecule has 208 valence electrons. The molecule has 0 spiro atoms. The molecule has 3 aromatic heterocycles. The fourth-order valence-corrected chi connectivity index (χ4v) is 7.02. The molecular formula is C29H31N5O4S2. The van der Waals surface area contributed by atoms with E-state index < -0.39 is 29.4 Å². The molecule has 40 heavy (non-hydrogen) atoms. The Morgan fingerprint density at radius 1 is 1.18 bits per heavy atom. The van der Waals surface area contributed by atoms with Gasteiger partial charge in [-0.25, -0.2) is 14.8 Å². The predicted molar refractivity (Wildman–Crippen MR) is 153 cm³/mol.